The number of hydrogen-bond donors (Lipinski definition) is 1. The van der Waals surface area contributed by atoms with Crippen molar-refractivity contribution in [2.45, 2.75) is 12.5 Å². The number of hydrogen-bond acceptors (Lipinski definition) is 1. The zero-order valence-electron chi connectivity index (χ0n) is 9.71. The second-order valence-electron chi connectivity index (χ2n) is 4.10. The van der Waals surface area contributed by atoms with Crippen LogP contribution in [0.2, 0.25) is 10.0 Å². The Morgan fingerprint density at radius 2 is 1.79 bits per heavy atom. The Kier molecular flexibility index (Phi) is 4.40. The van der Waals surface area contributed by atoms with Crippen LogP contribution in [-0.2, 0) is 6.42 Å². The molecule has 0 aliphatic heterocycles. The molecule has 2 aromatic rings. The van der Waals surface area contributed by atoms with E-state index in [1.165, 1.54) is 24.3 Å². The van der Waals surface area contributed by atoms with Crippen molar-refractivity contribution in [2.24, 2.45) is 0 Å². The van der Waals surface area contributed by atoms with E-state index in [9.17, 15) is 13.9 Å². The zero-order valence-corrected chi connectivity index (χ0v) is 11.2. The van der Waals surface area contributed by atoms with E-state index in [4.69, 9.17) is 23.2 Å². The number of aliphatic hydroxyl groups is 1. The Bertz CT molecular complexity index is 602. The molecule has 1 N–H and O–H groups in total. The highest BCUT2D eigenvalue weighted by atomic mass is 35.5. The Morgan fingerprint density at radius 1 is 1.05 bits per heavy atom. The Labute approximate surface area is 119 Å². The van der Waals surface area contributed by atoms with Crippen molar-refractivity contribution in [3.8, 4) is 0 Å². The second kappa shape index (κ2) is 5.87. The van der Waals surface area contributed by atoms with Crippen molar-refractivity contribution in [1.29, 1.82) is 0 Å². The summed E-state index contributed by atoms with van der Waals surface area (Å²) in [5.74, 6) is -1.10. The lowest BCUT2D eigenvalue weighted by Gasteiger charge is -2.13. The van der Waals surface area contributed by atoms with E-state index in [1.807, 2.05) is 0 Å². The number of halogens is 4. The van der Waals surface area contributed by atoms with Crippen LogP contribution in [0.3, 0.4) is 0 Å². The summed E-state index contributed by atoms with van der Waals surface area (Å²) in [6.45, 7) is 0. The Hall–Kier alpha value is -1.16. The minimum atomic E-state index is -1.10. The average molecular weight is 303 g/mol. The van der Waals surface area contributed by atoms with Crippen molar-refractivity contribution in [2.75, 3.05) is 0 Å². The molecule has 1 atom stereocenters. The maximum absolute atomic E-state index is 13.7. The van der Waals surface area contributed by atoms with Gasteiger partial charge in [0.1, 0.15) is 11.6 Å². The molecule has 0 saturated carbocycles. The molecule has 2 rings (SSSR count). The van der Waals surface area contributed by atoms with Crippen molar-refractivity contribution < 1.29 is 13.9 Å². The highest BCUT2D eigenvalue weighted by Gasteiger charge is 2.16. The van der Waals surface area contributed by atoms with Crippen LogP contribution in [0.15, 0.2) is 36.4 Å². The molecule has 1 unspecified atom stereocenters. The average Bonchev–Trinajstić information content (AvgIpc) is 2.38. The van der Waals surface area contributed by atoms with Gasteiger partial charge in [0, 0.05) is 17.0 Å². The Morgan fingerprint density at radius 3 is 2.53 bits per heavy atom. The first kappa shape index (κ1) is 14.3. The van der Waals surface area contributed by atoms with E-state index in [-0.39, 0.29) is 27.6 Å². The summed E-state index contributed by atoms with van der Waals surface area (Å²) in [5, 5.41) is 10.2. The van der Waals surface area contributed by atoms with Gasteiger partial charge in [-0.3, -0.25) is 0 Å². The molecule has 5 heteroatoms. The summed E-state index contributed by atoms with van der Waals surface area (Å²) in [4.78, 5) is 0. The first-order valence-electron chi connectivity index (χ1n) is 5.55. The predicted molar refractivity (Wildman–Crippen MR) is 71.5 cm³/mol. The Balaban J connectivity index is 2.28. The van der Waals surface area contributed by atoms with Crippen molar-refractivity contribution in [3.05, 3.63) is 69.2 Å². The first-order valence-corrected chi connectivity index (χ1v) is 6.30. The quantitative estimate of drug-likeness (QED) is 0.882. The summed E-state index contributed by atoms with van der Waals surface area (Å²) in [6, 6.07) is 8.19. The topological polar surface area (TPSA) is 20.2 Å². The summed E-state index contributed by atoms with van der Waals surface area (Å²) < 4.78 is 26.8. The third-order valence-electron chi connectivity index (χ3n) is 2.76. The number of aliphatic hydroxyl groups excluding tert-OH is 1. The summed E-state index contributed by atoms with van der Waals surface area (Å²) >= 11 is 11.5. The van der Waals surface area contributed by atoms with E-state index in [0.29, 0.717) is 0 Å². The molecule has 0 saturated heterocycles. The maximum atomic E-state index is 13.7. The molecule has 0 aliphatic rings. The standard InChI is InChI=1S/C14H10Cl2F2O/c15-11-5-4-9(17)7-10(11)13(19)6-8-2-1-3-12(16)14(8)18/h1-5,7,13,19H,6H2. The SMILES string of the molecule is OC(Cc1cccc(Cl)c1F)c1cc(F)ccc1Cl. The smallest absolute Gasteiger partial charge is 0.145 e. The van der Waals surface area contributed by atoms with E-state index < -0.39 is 17.7 Å². The van der Waals surface area contributed by atoms with Crippen LogP contribution < -0.4 is 0 Å². The van der Waals surface area contributed by atoms with Gasteiger partial charge in [-0.1, -0.05) is 35.3 Å². The molecular weight excluding hydrogens is 293 g/mol. The van der Waals surface area contributed by atoms with Gasteiger partial charge < -0.3 is 5.11 Å². The van der Waals surface area contributed by atoms with E-state index >= 15 is 0 Å². The predicted octanol–water partition coefficient (Wildman–Crippen LogP) is 4.55. The highest BCUT2D eigenvalue weighted by molar-refractivity contribution is 6.31. The molecule has 19 heavy (non-hydrogen) atoms. The molecule has 100 valence electrons. The maximum Gasteiger partial charge on any atom is 0.145 e. The number of benzene rings is 2. The molecule has 0 aromatic heterocycles. The monoisotopic (exact) mass is 302 g/mol. The van der Waals surface area contributed by atoms with Crippen molar-refractivity contribution >= 4 is 23.2 Å². The lowest BCUT2D eigenvalue weighted by Crippen LogP contribution is -2.05. The van der Waals surface area contributed by atoms with Crippen molar-refractivity contribution in [3.63, 3.8) is 0 Å². The van der Waals surface area contributed by atoms with Gasteiger partial charge in [0.05, 0.1) is 11.1 Å². The van der Waals surface area contributed by atoms with Gasteiger partial charge in [0.15, 0.2) is 0 Å². The fourth-order valence-corrected chi connectivity index (χ4v) is 2.23. The summed E-state index contributed by atoms with van der Waals surface area (Å²) in [6.07, 6.45) is -1.13. The van der Waals surface area contributed by atoms with Gasteiger partial charge in [-0.05, 0) is 29.8 Å². The molecule has 0 amide bonds. The fraction of sp³-hybridized carbons (Fsp3) is 0.143. The van der Waals surface area contributed by atoms with Crippen LogP contribution in [0.25, 0.3) is 0 Å². The van der Waals surface area contributed by atoms with E-state index in [1.54, 1.807) is 6.07 Å². The van der Waals surface area contributed by atoms with Crippen LogP contribution in [-0.4, -0.2) is 5.11 Å². The molecule has 0 heterocycles. The van der Waals surface area contributed by atoms with Gasteiger partial charge in [-0.2, -0.15) is 0 Å². The molecule has 2 aromatic carbocycles. The second-order valence-corrected chi connectivity index (χ2v) is 4.91. The third kappa shape index (κ3) is 3.24. The van der Waals surface area contributed by atoms with Gasteiger partial charge in [-0.15, -0.1) is 0 Å². The van der Waals surface area contributed by atoms with Crippen molar-refractivity contribution in [1.82, 2.24) is 0 Å². The highest BCUT2D eigenvalue weighted by Crippen LogP contribution is 2.28. The van der Waals surface area contributed by atoms with Crippen LogP contribution in [0, 0.1) is 11.6 Å². The lowest BCUT2D eigenvalue weighted by molar-refractivity contribution is 0.177. The van der Waals surface area contributed by atoms with Gasteiger partial charge in [0.25, 0.3) is 0 Å². The fourth-order valence-electron chi connectivity index (χ4n) is 1.79. The summed E-state index contributed by atoms with van der Waals surface area (Å²) in [7, 11) is 0. The molecular formula is C14H10Cl2F2O. The first-order chi connectivity index (χ1) is 8.99. The molecule has 0 spiro atoms. The van der Waals surface area contributed by atoms with E-state index in [2.05, 4.69) is 0 Å². The van der Waals surface area contributed by atoms with E-state index in [0.717, 1.165) is 6.07 Å². The minimum Gasteiger partial charge on any atom is -0.388 e. The molecule has 0 fully saturated rings. The molecule has 0 radical (unpaired) electrons. The van der Waals surface area contributed by atoms with Crippen LogP contribution in [0.5, 0.6) is 0 Å². The largest absolute Gasteiger partial charge is 0.388 e. The minimum absolute atomic E-state index is 0.0185. The van der Waals surface area contributed by atoms with Gasteiger partial charge >= 0.3 is 0 Å². The molecule has 0 aliphatic carbocycles. The third-order valence-corrected chi connectivity index (χ3v) is 3.40. The van der Waals surface area contributed by atoms with Gasteiger partial charge in [-0.25, -0.2) is 8.78 Å². The summed E-state index contributed by atoms with van der Waals surface area (Å²) in [5.41, 5.74) is 0.473. The zero-order chi connectivity index (χ0) is 14.0. The normalized spacial score (nSPS) is 12.5. The molecule has 0 bridgehead atoms. The lowest BCUT2D eigenvalue weighted by atomic mass is 10.0. The van der Waals surface area contributed by atoms with Gasteiger partial charge in [0.2, 0.25) is 0 Å². The van der Waals surface area contributed by atoms with Crippen LogP contribution in [0.1, 0.15) is 17.2 Å². The van der Waals surface area contributed by atoms with Crippen LogP contribution in [0.4, 0.5) is 8.78 Å². The van der Waals surface area contributed by atoms with Crippen LogP contribution >= 0.6 is 23.2 Å². The number of rotatable bonds is 3. The molecule has 1 nitrogen and oxygen atoms in total.